The van der Waals surface area contributed by atoms with Crippen molar-refractivity contribution in [1.82, 2.24) is 9.97 Å². The molecular formula is C13H12N2O2. The average molecular weight is 228 g/mol. The van der Waals surface area contributed by atoms with E-state index in [-0.39, 0.29) is 5.78 Å². The summed E-state index contributed by atoms with van der Waals surface area (Å²) >= 11 is 0. The number of hydrogen-bond donors (Lipinski definition) is 0. The third-order valence-corrected chi connectivity index (χ3v) is 2.49. The minimum absolute atomic E-state index is 0.124. The maximum atomic E-state index is 12.3. The Morgan fingerprint density at radius 2 is 2.06 bits per heavy atom. The number of pyridine rings is 2. The average Bonchev–Trinajstić information content (AvgIpc) is 2.38. The number of carbonyl (C=O) groups excluding carboxylic acids is 1. The molecule has 0 saturated heterocycles. The van der Waals surface area contributed by atoms with E-state index in [9.17, 15) is 4.79 Å². The third-order valence-electron chi connectivity index (χ3n) is 2.49. The molecule has 86 valence electrons. The Labute approximate surface area is 99.3 Å². The lowest BCUT2D eigenvalue weighted by atomic mass is 10.0. The second-order valence-electron chi connectivity index (χ2n) is 3.58. The maximum absolute atomic E-state index is 12.3. The van der Waals surface area contributed by atoms with Gasteiger partial charge in [0.2, 0.25) is 5.88 Å². The van der Waals surface area contributed by atoms with E-state index in [2.05, 4.69) is 9.97 Å². The van der Waals surface area contributed by atoms with Crippen molar-refractivity contribution in [2.75, 3.05) is 7.11 Å². The van der Waals surface area contributed by atoms with Gasteiger partial charge in [-0.3, -0.25) is 9.78 Å². The lowest BCUT2D eigenvalue weighted by Gasteiger charge is -2.07. The number of ketones is 1. The van der Waals surface area contributed by atoms with Crippen molar-refractivity contribution in [1.29, 1.82) is 0 Å². The van der Waals surface area contributed by atoms with E-state index in [0.29, 0.717) is 17.0 Å². The fourth-order valence-corrected chi connectivity index (χ4v) is 1.57. The summed E-state index contributed by atoms with van der Waals surface area (Å²) in [4.78, 5) is 20.3. The molecule has 0 aliphatic rings. The van der Waals surface area contributed by atoms with E-state index in [1.54, 1.807) is 36.8 Å². The van der Waals surface area contributed by atoms with Gasteiger partial charge in [-0.1, -0.05) is 0 Å². The highest BCUT2D eigenvalue weighted by atomic mass is 16.5. The van der Waals surface area contributed by atoms with Crippen molar-refractivity contribution in [2.45, 2.75) is 6.92 Å². The van der Waals surface area contributed by atoms with Crippen LogP contribution in [0, 0.1) is 6.92 Å². The largest absolute Gasteiger partial charge is 0.480 e. The molecule has 0 aliphatic carbocycles. The van der Waals surface area contributed by atoms with Gasteiger partial charge in [-0.2, -0.15) is 0 Å². The zero-order chi connectivity index (χ0) is 12.3. The van der Waals surface area contributed by atoms with E-state index in [1.165, 1.54) is 7.11 Å². The van der Waals surface area contributed by atoms with Gasteiger partial charge in [0.05, 0.1) is 12.7 Å². The molecule has 2 heterocycles. The smallest absolute Gasteiger partial charge is 0.224 e. The number of ether oxygens (including phenoxy) is 1. The first-order chi connectivity index (χ1) is 8.24. The molecule has 2 aromatic heterocycles. The number of aromatic nitrogens is 2. The summed E-state index contributed by atoms with van der Waals surface area (Å²) < 4.78 is 5.08. The second kappa shape index (κ2) is 4.74. The molecule has 0 bridgehead atoms. The lowest BCUT2D eigenvalue weighted by molar-refractivity contribution is 0.103. The van der Waals surface area contributed by atoms with E-state index < -0.39 is 0 Å². The molecule has 0 aliphatic heterocycles. The van der Waals surface area contributed by atoms with Crippen LogP contribution in [0.25, 0.3) is 0 Å². The lowest BCUT2D eigenvalue weighted by Crippen LogP contribution is -2.07. The highest BCUT2D eigenvalue weighted by Crippen LogP contribution is 2.19. The van der Waals surface area contributed by atoms with Crippen LogP contribution in [0.1, 0.15) is 21.5 Å². The van der Waals surface area contributed by atoms with Crippen LogP contribution < -0.4 is 4.74 Å². The second-order valence-corrected chi connectivity index (χ2v) is 3.58. The van der Waals surface area contributed by atoms with Crippen molar-refractivity contribution >= 4 is 5.78 Å². The quantitative estimate of drug-likeness (QED) is 0.754. The fraction of sp³-hybridized carbons (Fsp3) is 0.154. The minimum atomic E-state index is -0.124. The van der Waals surface area contributed by atoms with Crippen LogP contribution in [0.15, 0.2) is 36.8 Å². The molecule has 0 fully saturated rings. The van der Waals surface area contributed by atoms with Crippen molar-refractivity contribution in [2.24, 2.45) is 0 Å². The molecule has 0 saturated carbocycles. The summed E-state index contributed by atoms with van der Waals surface area (Å²) in [6, 6.07) is 5.21. The summed E-state index contributed by atoms with van der Waals surface area (Å²) in [5.74, 6) is 0.210. The molecule has 4 heteroatoms. The van der Waals surface area contributed by atoms with E-state index >= 15 is 0 Å². The Morgan fingerprint density at radius 3 is 2.76 bits per heavy atom. The van der Waals surface area contributed by atoms with Gasteiger partial charge in [0.15, 0.2) is 5.78 Å². The number of methoxy groups -OCH3 is 1. The van der Waals surface area contributed by atoms with Crippen molar-refractivity contribution < 1.29 is 9.53 Å². The summed E-state index contributed by atoms with van der Waals surface area (Å²) in [5, 5.41) is 0. The molecule has 4 nitrogen and oxygen atoms in total. The Morgan fingerprint density at radius 1 is 1.24 bits per heavy atom. The fourth-order valence-electron chi connectivity index (χ4n) is 1.57. The SMILES string of the molecule is COc1ncccc1C(=O)c1cnccc1C. The molecule has 0 amide bonds. The van der Waals surface area contributed by atoms with Crippen LogP contribution in [-0.2, 0) is 0 Å². The Hall–Kier alpha value is -2.23. The Bertz CT molecular complexity index is 553. The molecule has 0 aromatic carbocycles. The van der Waals surface area contributed by atoms with Gasteiger partial charge < -0.3 is 4.74 Å². The van der Waals surface area contributed by atoms with E-state index in [0.717, 1.165) is 5.56 Å². The molecule has 17 heavy (non-hydrogen) atoms. The molecule has 0 unspecified atom stereocenters. The zero-order valence-corrected chi connectivity index (χ0v) is 9.68. The van der Waals surface area contributed by atoms with Gasteiger partial charge in [-0.25, -0.2) is 4.98 Å². The van der Waals surface area contributed by atoms with Crippen LogP contribution in [-0.4, -0.2) is 22.9 Å². The number of carbonyl (C=O) groups is 1. The number of hydrogen-bond acceptors (Lipinski definition) is 4. The van der Waals surface area contributed by atoms with Gasteiger partial charge in [-0.05, 0) is 30.7 Å². The highest BCUT2D eigenvalue weighted by Gasteiger charge is 2.16. The van der Waals surface area contributed by atoms with Gasteiger partial charge in [0.1, 0.15) is 0 Å². The van der Waals surface area contributed by atoms with Crippen LogP contribution in [0.3, 0.4) is 0 Å². The maximum Gasteiger partial charge on any atom is 0.224 e. The first-order valence-electron chi connectivity index (χ1n) is 5.18. The summed E-state index contributed by atoms with van der Waals surface area (Å²) in [6.45, 7) is 1.87. The Balaban J connectivity index is 2.48. The van der Waals surface area contributed by atoms with Crippen molar-refractivity contribution in [3.63, 3.8) is 0 Å². The summed E-state index contributed by atoms with van der Waals surface area (Å²) in [7, 11) is 1.50. The van der Waals surface area contributed by atoms with Gasteiger partial charge in [0.25, 0.3) is 0 Å². The first kappa shape index (κ1) is 11.3. The molecule has 0 spiro atoms. The number of aryl methyl sites for hydroxylation is 1. The van der Waals surface area contributed by atoms with Crippen LogP contribution in [0.2, 0.25) is 0 Å². The third kappa shape index (κ3) is 2.15. The van der Waals surface area contributed by atoms with E-state index in [4.69, 9.17) is 4.74 Å². The van der Waals surface area contributed by atoms with Gasteiger partial charge >= 0.3 is 0 Å². The van der Waals surface area contributed by atoms with Crippen LogP contribution >= 0.6 is 0 Å². The summed E-state index contributed by atoms with van der Waals surface area (Å²) in [6.07, 6.45) is 4.81. The number of nitrogens with zero attached hydrogens (tertiary/aromatic N) is 2. The minimum Gasteiger partial charge on any atom is -0.480 e. The summed E-state index contributed by atoms with van der Waals surface area (Å²) in [5.41, 5.74) is 1.90. The van der Waals surface area contributed by atoms with Crippen molar-refractivity contribution in [3.8, 4) is 5.88 Å². The normalized spacial score (nSPS) is 10.0. The molecule has 0 N–H and O–H groups in total. The topological polar surface area (TPSA) is 52.1 Å². The van der Waals surface area contributed by atoms with Crippen LogP contribution in [0.5, 0.6) is 5.88 Å². The first-order valence-corrected chi connectivity index (χ1v) is 5.18. The van der Waals surface area contributed by atoms with Gasteiger partial charge in [0, 0.05) is 24.2 Å². The highest BCUT2D eigenvalue weighted by molar-refractivity contribution is 6.11. The zero-order valence-electron chi connectivity index (χ0n) is 9.68. The Kier molecular flexibility index (Phi) is 3.14. The molecule has 2 aromatic rings. The molecular weight excluding hydrogens is 216 g/mol. The molecule has 0 atom stereocenters. The predicted octanol–water partition coefficient (Wildman–Crippen LogP) is 2.02. The monoisotopic (exact) mass is 228 g/mol. The van der Waals surface area contributed by atoms with Crippen LogP contribution in [0.4, 0.5) is 0 Å². The standard InChI is InChI=1S/C13H12N2O2/c1-9-5-7-14-8-11(9)12(16)10-4-3-6-15-13(10)17-2/h3-8H,1-2H3. The molecule has 0 radical (unpaired) electrons. The van der Waals surface area contributed by atoms with Gasteiger partial charge in [-0.15, -0.1) is 0 Å². The van der Waals surface area contributed by atoms with Crippen molar-refractivity contribution in [3.05, 3.63) is 53.5 Å². The predicted molar refractivity (Wildman–Crippen MR) is 63.2 cm³/mol. The number of rotatable bonds is 3. The molecule has 2 rings (SSSR count). The van der Waals surface area contributed by atoms with E-state index in [1.807, 2.05) is 6.92 Å².